The summed E-state index contributed by atoms with van der Waals surface area (Å²) in [4.78, 5) is 42.3. The molecule has 2 saturated heterocycles. The van der Waals surface area contributed by atoms with E-state index in [4.69, 9.17) is 0 Å². The van der Waals surface area contributed by atoms with Crippen LogP contribution in [0.1, 0.15) is 11.1 Å². The number of fused-ring (bicyclic) bond motifs is 4. The van der Waals surface area contributed by atoms with Crippen LogP contribution in [0.15, 0.2) is 71.2 Å². The second-order valence-electron chi connectivity index (χ2n) is 9.07. The highest BCUT2D eigenvalue weighted by Crippen LogP contribution is 2.54. The molecule has 176 valence electrons. The average molecular weight is 536 g/mol. The molecular formula is C26H19BrFN3O4. The number of carbonyl (C=O) groups is 3. The van der Waals surface area contributed by atoms with Crippen LogP contribution < -0.4 is 15.5 Å². The molecule has 0 unspecified atom stereocenters. The van der Waals surface area contributed by atoms with Crippen LogP contribution in [0, 0.1) is 17.7 Å². The highest BCUT2D eigenvalue weighted by Gasteiger charge is 2.70. The minimum atomic E-state index is -1.58. The Balaban J connectivity index is 1.49. The van der Waals surface area contributed by atoms with Crippen molar-refractivity contribution in [1.82, 2.24) is 5.32 Å². The summed E-state index contributed by atoms with van der Waals surface area (Å²) in [5.74, 6) is -3.73. The van der Waals surface area contributed by atoms with Gasteiger partial charge in [0.2, 0.25) is 17.7 Å². The molecule has 3 aromatic rings. The molecular weight excluding hydrogens is 517 g/mol. The maximum absolute atomic E-state index is 14.3. The number of amides is 3. The predicted molar refractivity (Wildman–Crippen MR) is 129 cm³/mol. The van der Waals surface area contributed by atoms with Gasteiger partial charge >= 0.3 is 0 Å². The zero-order valence-corrected chi connectivity index (χ0v) is 19.8. The van der Waals surface area contributed by atoms with Gasteiger partial charge in [-0.15, -0.1) is 0 Å². The summed E-state index contributed by atoms with van der Waals surface area (Å²) in [5.41, 5.74) is 0.380. The van der Waals surface area contributed by atoms with E-state index in [0.717, 1.165) is 14.9 Å². The third-order valence-corrected chi connectivity index (χ3v) is 7.68. The van der Waals surface area contributed by atoms with Crippen LogP contribution in [0.4, 0.5) is 15.8 Å². The Morgan fingerprint density at radius 2 is 1.69 bits per heavy atom. The number of anilines is 2. The molecule has 3 aromatic carbocycles. The number of hydrogen-bond donors (Lipinski definition) is 3. The molecule has 3 N–H and O–H groups in total. The van der Waals surface area contributed by atoms with Crippen molar-refractivity contribution in [3.8, 4) is 5.75 Å². The summed E-state index contributed by atoms with van der Waals surface area (Å²) < 4.78 is 15.1. The Labute approximate surface area is 208 Å². The molecule has 3 amide bonds. The van der Waals surface area contributed by atoms with Gasteiger partial charge in [0, 0.05) is 21.8 Å². The van der Waals surface area contributed by atoms with Crippen molar-refractivity contribution in [2.75, 3.05) is 10.2 Å². The SMILES string of the molecule is O=C1[C@@H]2[C@H](Cc3ccc(O)cc3)N[C@@]3(C(=O)Nc4ccc(F)cc43)[C@@H]2C(=O)N1c1ccc(Br)cc1. The van der Waals surface area contributed by atoms with Crippen molar-refractivity contribution in [2.45, 2.75) is 18.0 Å². The summed E-state index contributed by atoms with van der Waals surface area (Å²) in [6.45, 7) is 0. The quantitative estimate of drug-likeness (QED) is 0.446. The zero-order valence-electron chi connectivity index (χ0n) is 18.2. The predicted octanol–water partition coefficient (Wildman–Crippen LogP) is 3.46. The molecule has 0 aliphatic carbocycles. The molecule has 3 heterocycles. The number of imide groups is 1. The number of aromatic hydroxyl groups is 1. The van der Waals surface area contributed by atoms with Gasteiger partial charge in [-0.1, -0.05) is 28.1 Å². The van der Waals surface area contributed by atoms with Gasteiger partial charge in [0.25, 0.3) is 0 Å². The molecule has 6 rings (SSSR count). The Bertz CT molecular complexity index is 1390. The van der Waals surface area contributed by atoms with E-state index in [2.05, 4.69) is 26.6 Å². The molecule has 35 heavy (non-hydrogen) atoms. The number of phenolic OH excluding ortho intramolecular Hbond substituents is 1. The van der Waals surface area contributed by atoms with Gasteiger partial charge in [0.15, 0.2) is 0 Å². The second kappa shape index (κ2) is 7.73. The van der Waals surface area contributed by atoms with E-state index in [1.807, 2.05) is 0 Å². The molecule has 4 atom stereocenters. The van der Waals surface area contributed by atoms with Crippen molar-refractivity contribution in [3.05, 3.63) is 88.1 Å². The first kappa shape index (κ1) is 21.9. The number of nitrogens with one attached hydrogen (secondary N) is 2. The highest BCUT2D eigenvalue weighted by atomic mass is 79.9. The Kier molecular flexibility index (Phi) is 4.84. The third-order valence-electron chi connectivity index (χ3n) is 7.15. The van der Waals surface area contributed by atoms with E-state index in [1.54, 1.807) is 48.5 Å². The minimum Gasteiger partial charge on any atom is -0.508 e. The molecule has 3 aliphatic heterocycles. The summed E-state index contributed by atoms with van der Waals surface area (Å²) >= 11 is 3.36. The van der Waals surface area contributed by atoms with E-state index in [-0.39, 0.29) is 5.75 Å². The fraction of sp³-hybridized carbons (Fsp3) is 0.192. The number of halogens is 2. The average Bonchev–Trinajstić information content (AvgIpc) is 3.41. The van der Waals surface area contributed by atoms with Crippen LogP contribution in [0.25, 0.3) is 0 Å². The fourth-order valence-electron chi connectivity index (χ4n) is 5.68. The van der Waals surface area contributed by atoms with Crippen LogP contribution >= 0.6 is 15.9 Å². The topological polar surface area (TPSA) is 98.7 Å². The molecule has 0 radical (unpaired) electrons. The van der Waals surface area contributed by atoms with Gasteiger partial charge in [-0.05, 0) is 66.6 Å². The smallest absolute Gasteiger partial charge is 0.250 e. The summed E-state index contributed by atoms with van der Waals surface area (Å²) in [5, 5.41) is 15.7. The van der Waals surface area contributed by atoms with E-state index in [1.165, 1.54) is 18.2 Å². The molecule has 9 heteroatoms. The van der Waals surface area contributed by atoms with Crippen molar-refractivity contribution in [2.24, 2.45) is 11.8 Å². The fourth-order valence-corrected chi connectivity index (χ4v) is 5.94. The number of phenols is 1. The molecule has 3 aliphatic rings. The maximum atomic E-state index is 14.3. The summed E-state index contributed by atoms with van der Waals surface area (Å²) in [7, 11) is 0. The lowest BCUT2D eigenvalue weighted by molar-refractivity contribution is -0.130. The van der Waals surface area contributed by atoms with E-state index >= 15 is 0 Å². The summed E-state index contributed by atoms with van der Waals surface area (Å²) in [6.07, 6.45) is 0.328. The Hall–Kier alpha value is -3.56. The summed E-state index contributed by atoms with van der Waals surface area (Å²) in [6, 6.07) is 16.7. The van der Waals surface area contributed by atoms with E-state index < -0.39 is 47.0 Å². The Morgan fingerprint density at radius 1 is 0.971 bits per heavy atom. The number of benzene rings is 3. The monoisotopic (exact) mass is 535 g/mol. The lowest BCUT2D eigenvalue weighted by Gasteiger charge is -2.29. The maximum Gasteiger partial charge on any atom is 0.250 e. The second-order valence-corrected chi connectivity index (χ2v) is 9.98. The highest BCUT2D eigenvalue weighted by molar-refractivity contribution is 9.10. The lowest BCUT2D eigenvalue weighted by Crippen LogP contribution is -2.53. The van der Waals surface area contributed by atoms with Crippen LogP contribution in [0.2, 0.25) is 0 Å². The Morgan fingerprint density at radius 3 is 2.40 bits per heavy atom. The van der Waals surface area contributed by atoms with Crippen molar-refractivity contribution in [1.29, 1.82) is 0 Å². The van der Waals surface area contributed by atoms with Crippen LogP contribution in [-0.2, 0) is 26.3 Å². The normalized spacial score (nSPS) is 26.9. The van der Waals surface area contributed by atoms with Crippen LogP contribution in [-0.4, -0.2) is 28.9 Å². The van der Waals surface area contributed by atoms with E-state index in [9.17, 15) is 23.9 Å². The van der Waals surface area contributed by atoms with Crippen molar-refractivity contribution in [3.63, 3.8) is 0 Å². The molecule has 0 saturated carbocycles. The molecule has 7 nitrogen and oxygen atoms in total. The number of nitrogens with zero attached hydrogens (tertiary/aromatic N) is 1. The molecule has 0 aromatic heterocycles. The standard InChI is InChI=1S/C26H19BrFN3O4/c27-14-3-6-16(7-4-14)31-23(33)21-20(11-13-1-8-17(32)9-2-13)30-26(22(21)24(31)34)18-12-15(28)5-10-19(18)29-25(26)35/h1-10,12,20-22,30,32H,11H2,(H,29,35)/t20-,21+,22-,26+/m0/s1. The van der Waals surface area contributed by atoms with Crippen molar-refractivity contribution >= 4 is 45.0 Å². The van der Waals surface area contributed by atoms with Gasteiger partial charge in [0.05, 0.1) is 17.5 Å². The van der Waals surface area contributed by atoms with E-state index in [0.29, 0.717) is 23.4 Å². The molecule has 1 spiro atoms. The number of hydrogen-bond acceptors (Lipinski definition) is 5. The first-order chi connectivity index (χ1) is 16.8. The van der Waals surface area contributed by atoms with Gasteiger partial charge in [-0.2, -0.15) is 0 Å². The first-order valence-corrected chi connectivity index (χ1v) is 11.9. The van der Waals surface area contributed by atoms with Gasteiger partial charge in [0.1, 0.15) is 17.1 Å². The largest absolute Gasteiger partial charge is 0.508 e. The van der Waals surface area contributed by atoms with Crippen LogP contribution in [0.3, 0.4) is 0 Å². The van der Waals surface area contributed by atoms with Gasteiger partial charge in [-0.3, -0.25) is 19.7 Å². The molecule has 0 bridgehead atoms. The molecule has 2 fully saturated rings. The lowest BCUT2D eigenvalue weighted by atomic mass is 9.76. The number of rotatable bonds is 3. The van der Waals surface area contributed by atoms with Crippen LogP contribution in [0.5, 0.6) is 5.75 Å². The first-order valence-electron chi connectivity index (χ1n) is 11.1. The van der Waals surface area contributed by atoms with Gasteiger partial charge < -0.3 is 10.4 Å². The minimum absolute atomic E-state index is 0.107. The van der Waals surface area contributed by atoms with Gasteiger partial charge in [-0.25, -0.2) is 9.29 Å². The van der Waals surface area contributed by atoms with Crippen molar-refractivity contribution < 1.29 is 23.9 Å². The number of carbonyl (C=O) groups excluding carboxylic acids is 3. The zero-order chi connectivity index (χ0) is 24.5. The third kappa shape index (κ3) is 3.15.